The minimum absolute atomic E-state index is 0.948. The van der Waals surface area contributed by atoms with E-state index in [2.05, 4.69) is 29.0 Å². The Balaban J connectivity index is 1.44. The van der Waals surface area contributed by atoms with Crippen LogP contribution in [0.25, 0.3) is 0 Å². The van der Waals surface area contributed by atoms with Crippen LogP contribution in [0.3, 0.4) is 0 Å². The third-order valence-corrected chi connectivity index (χ3v) is 6.22. The molecule has 3 atom stereocenters. The van der Waals surface area contributed by atoms with Crippen LogP contribution in [-0.4, -0.2) is 24.6 Å². The summed E-state index contributed by atoms with van der Waals surface area (Å²) in [6.07, 6.45) is 8.03. The average Bonchev–Trinajstić information content (AvgIpc) is 3.17. The van der Waals surface area contributed by atoms with Crippen molar-refractivity contribution < 1.29 is 0 Å². The van der Waals surface area contributed by atoms with Crippen molar-refractivity contribution in [1.82, 2.24) is 10.3 Å². The predicted octanol–water partition coefficient (Wildman–Crippen LogP) is 3.52. The van der Waals surface area contributed by atoms with Crippen LogP contribution >= 0.6 is 11.3 Å². The molecule has 0 radical (unpaired) electrons. The van der Waals surface area contributed by atoms with Gasteiger partial charge < -0.3 is 10.2 Å². The Bertz CT molecular complexity index is 427. The van der Waals surface area contributed by atoms with Gasteiger partial charge in [-0.15, -0.1) is 11.3 Å². The monoisotopic (exact) mass is 293 g/mol. The molecule has 0 aliphatic heterocycles. The summed E-state index contributed by atoms with van der Waals surface area (Å²) < 4.78 is 0. The standard InChI is InChI=1S/C16H27N3S/c1-3-19(4-2)16-18-11-15(20-16)10-17-9-14-8-12-5-6-13(14)7-12/h11-14,17H,3-10H2,1-2H3. The van der Waals surface area contributed by atoms with E-state index in [4.69, 9.17) is 0 Å². The van der Waals surface area contributed by atoms with E-state index in [-0.39, 0.29) is 0 Å². The second-order valence-corrected chi connectivity index (χ2v) is 7.44. The maximum Gasteiger partial charge on any atom is 0.185 e. The van der Waals surface area contributed by atoms with E-state index in [1.165, 1.54) is 42.2 Å². The van der Waals surface area contributed by atoms with Gasteiger partial charge in [0.1, 0.15) is 0 Å². The fourth-order valence-corrected chi connectivity index (χ4v) is 5.03. The first kappa shape index (κ1) is 14.3. The smallest absolute Gasteiger partial charge is 0.185 e. The van der Waals surface area contributed by atoms with E-state index < -0.39 is 0 Å². The largest absolute Gasteiger partial charge is 0.349 e. The molecule has 2 aliphatic carbocycles. The maximum atomic E-state index is 4.55. The zero-order valence-corrected chi connectivity index (χ0v) is 13.6. The molecule has 1 aromatic heterocycles. The first-order valence-electron chi connectivity index (χ1n) is 8.20. The molecule has 4 heteroatoms. The number of nitrogens with zero attached hydrogens (tertiary/aromatic N) is 2. The van der Waals surface area contributed by atoms with Gasteiger partial charge in [-0.3, -0.25) is 0 Å². The number of fused-ring (bicyclic) bond motifs is 2. The lowest BCUT2D eigenvalue weighted by atomic mass is 9.89. The topological polar surface area (TPSA) is 28.2 Å². The number of hydrogen-bond donors (Lipinski definition) is 1. The van der Waals surface area contributed by atoms with Crippen molar-refractivity contribution >= 4 is 16.5 Å². The summed E-state index contributed by atoms with van der Waals surface area (Å²) in [6.45, 7) is 8.67. The van der Waals surface area contributed by atoms with Crippen molar-refractivity contribution in [2.45, 2.75) is 46.1 Å². The average molecular weight is 293 g/mol. The SMILES string of the molecule is CCN(CC)c1ncc(CNCC2CC3CCC2C3)s1. The molecular formula is C16H27N3S. The molecule has 0 amide bonds. The molecule has 0 saturated heterocycles. The van der Waals surface area contributed by atoms with Gasteiger partial charge in [-0.1, -0.05) is 6.42 Å². The quantitative estimate of drug-likeness (QED) is 0.834. The van der Waals surface area contributed by atoms with Crippen LogP contribution in [0.15, 0.2) is 6.20 Å². The number of aromatic nitrogens is 1. The van der Waals surface area contributed by atoms with Gasteiger partial charge in [-0.2, -0.15) is 0 Å². The molecule has 2 aliphatic rings. The van der Waals surface area contributed by atoms with Crippen LogP contribution in [-0.2, 0) is 6.54 Å². The van der Waals surface area contributed by atoms with Crippen LogP contribution < -0.4 is 10.2 Å². The number of anilines is 1. The Kier molecular flexibility index (Phi) is 4.61. The highest BCUT2D eigenvalue weighted by atomic mass is 32.1. The molecule has 1 aromatic rings. The summed E-state index contributed by atoms with van der Waals surface area (Å²) in [5, 5.41) is 4.84. The van der Waals surface area contributed by atoms with E-state index in [1.807, 2.05) is 17.5 Å². The third kappa shape index (κ3) is 3.01. The van der Waals surface area contributed by atoms with Crippen molar-refractivity contribution in [3.63, 3.8) is 0 Å². The number of thiazole rings is 1. The molecule has 20 heavy (non-hydrogen) atoms. The highest BCUT2D eigenvalue weighted by molar-refractivity contribution is 7.15. The van der Waals surface area contributed by atoms with Gasteiger partial charge in [0.25, 0.3) is 0 Å². The minimum atomic E-state index is 0.948. The van der Waals surface area contributed by atoms with Crippen LogP contribution in [0.5, 0.6) is 0 Å². The molecule has 2 saturated carbocycles. The number of rotatable bonds is 7. The summed E-state index contributed by atoms with van der Waals surface area (Å²) in [4.78, 5) is 8.25. The molecule has 2 fully saturated rings. The zero-order chi connectivity index (χ0) is 13.9. The molecular weight excluding hydrogens is 266 g/mol. The van der Waals surface area contributed by atoms with Crippen molar-refractivity contribution in [3.05, 3.63) is 11.1 Å². The molecule has 3 rings (SSSR count). The Morgan fingerprint density at radius 2 is 2.15 bits per heavy atom. The summed E-state index contributed by atoms with van der Waals surface area (Å²) in [5.74, 6) is 3.04. The highest BCUT2D eigenvalue weighted by Gasteiger charge is 2.38. The molecule has 1 heterocycles. The molecule has 3 unspecified atom stereocenters. The van der Waals surface area contributed by atoms with Crippen molar-refractivity contribution in [3.8, 4) is 0 Å². The summed E-state index contributed by atoms with van der Waals surface area (Å²) in [7, 11) is 0. The lowest BCUT2D eigenvalue weighted by Gasteiger charge is -2.21. The molecule has 1 N–H and O–H groups in total. The van der Waals surface area contributed by atoms with Gasteiger partial charge in [0.15, 0.2) is 5.13 Å². The molecule has 0 spiro atoms. The van der Waals surface area contributed by atoms with E-state index in [0.717, 1.165) is 37.4 Å². The number of hydrogen-bond acceptors (Lipinski definition) is 4. The second kappa shape index (κ2) is 6.44. The van der Waals surface area contributed by atoms with Gasteiger partial charge in [-0.05, 0) is 57.4 Å². The minimum Gasteiger partial charge on any atom is -0.349 e. The van der Waals surface area contributed by atoms with E-state index in [9.17, 15) is 0 Å². The first-order valence-corrected chi connectivity index (χ1v) is 9.02. The van der Waals surface area contributed by atoms with E-state index >= 15 is 0 Å². The molecule has 0 aromatic carbocycles. The first-order chi connectivity index (χ1) is 9.80. The Hall–Kier alpha value is -0.610. The maximum absolute atomic E-state index is 4.55. The summed E-state index contributed by atoms with van der Waals surface area (Å²) in [6, 6.07) is 0. The van der Waals surface area contributed by atoms with Crippen molar-refractivity contribution in [2.75, 3.05) is 24.5 Å². The summed E-state index contributed by atoms with van der Waals surface area (Å²) in [5.41, 5.74) is 0. The van der Waals surface area contributed by atoms with E-state index in [1.54, 1.807) is 0 Å². The third-order valence-electron chi connectivity index (χ3n) is 5.17. The Labute approximate surface area is 126 Å². The van der Waals surface area contributed by atoms with Gasteiger partial charge in [-0.25, -0.2) is 4.98 Å². The van der Waals surface area contributed by atoms with Crippen LogP contribution in [0.1, 0.15) is 44.4 Å². The Morgan fingerprint density at radius 3 is 2.80 bits per heavy atom. The Morgan fingerprint density at radius 1 is 1.30 bits per heavy atom. The normalized spacial score (nSPS) is 28.2. The second-order valence-electron chi connectivity index (χ2n) is 6.35. The van der Waals surface area contributed by atoms with Crippen LogP contribution in [0.2, 0.25) is 0 Å². The highest BCUT2D eigenvalue weighted by Crippen LogP contribution is 2.47. The lowest BCUT2D eigenvalue weighted by molar-refractivity contribution is 0.319. The van der Waals surface area contributed by atoms with Gasteiger partial charge in [0, 0.05) is 30.7 Å². The van der Waals surface area contributed by atoms with Gasteiger partial charge in [0.2, 0.25) is 0 Å². The fourth-order valence-electron chi connectivity index (χ4n) is 4.03. The van der Waals surface area contributed by atoms with Gasteiger partial charge in [0.05, 0.1) is 0 Å². The lowest BCUT2D eigenvalue weighted by Crippen LogP contribution is -2.25. The van der Waals surface area contributed by atoms with E-state index in [0.29, 0.717) is 0 Å². The van der Waals surface area contributed by atoms with Crippen molar-refractivity contribution in [1.29, 1.82) is 0 Å². The van der Waals surface area contributed by atoms with Crippen LogP contribution in [0.4, 0.5) is 5.13 Å². The molecule has 112 valence electrons. The molecule has 2 bridgehead atoms. The van der Waals surface area contributed by atoms with Crippen molar-refractivity contribution in [2.24, 2.45) is 17.8 Å². The zero-order valence-electron chi connectivity index (χ0n) is 12.8. The summed E-state index contributed by atoms with van der Waals surface area (Å²) >= 11 is 1.84. The molecule has 3 nitrogen and oxygen atoms in total. The number of nitrogens with one attached hydrogen (secondary N) is 1. The fraction of sp³-hybridized carbons (Fsp3) is 0.812. The van der Waals surface area contributed by atoms with Gasteiger partial charge >= 0.3 is 0 Å². The predicted molar refractivity (Wildman–Crippen MR) is 86.3 cm³/mol. The van der Waals surface area contributed by atoms with Crippen LogP contribution in [0, 0.1) is 17.8 Å².